The van der Waals surface area contributed by atoms with Gasteiger partial charge in [-0.2, -0.15) is 0 Å². The number of nitrogens with zero attached hydrogens (tertiary/aromatic N) is 2. The normalized spacial score (nSPS) is 12.7. The molecule has 23 heavy (non-hydrogen) atoms. The number of ether oxygens (including phenoxy) is 1. The molecule has 0 spiro atoms. The van der Waals surface area contributed by atoms with Crippen LogP contribution in [0.4, 0.5) is 0 Å². The first-order valence-corrected chi connectivity index (χ1v) is 7.81. The lowest BCUT2D eigenvalue weighted by molar-refractivity contribution is 0.229. The third-order valence-corrected chi connectivity index (χ3v) is 3.35. The molecular weight excluding hydrogens is 288 g/mol. The maximum absolute atomic E-state index is 5.87. The van der Waals surface area contributed by atoms with Crippen LogP contribution in [0.1, 0.15) is 18.2 Å². The number of rotatable bonds is 7. The Labute approximate surface area is 137 Å². The molecular formula is C18H24N4O. The van der Waals surface area contributed by atoms with Crippen LogP contribution in [-0.4, -0.2) is 30.1 Å². The number of aromatic nitrogens is 1. The number of aryl methyl sites for hydroxylation is 1. The smallest absolute Gasteiger partial charge is 0.188 e. The summed E-state index contributed by atoms with van der Waals surface area (Å²) in [5, 5.41) is 3.09. The van der Waals surface area contributed by atoms with Gasteiger partial charge in [-0.1, -0.05) is 24.3 Å². The summed E-state index contributed by atoms with van der Waals surface area (Å²) in [7, 11) is 0. The van der Waals surface area contributed by atoms with Gasteiger partial charge >= 0.3 is 0 Å². The molecule has 0 saturated heterocycles. The number of guanidine groups is 1. The SMILES string of the molecule is Cc1ccccc1OC(C)CN=C(N)NCCc1ccccn1. The van der Waals surface area contributed by atoms with E-state index in [4.69, 9.17) is 10.5 Å². The highest BCUT2D eigenvalue weighted by atomic mass is 16.5. The van der Waals surface area contributed by atoms with E-state index in [1.165, 1.54) is 0 Å². The molecule has 0 aliphatic heterocycles. The molecule has 1 unspecified atom stereocenters. The van der Waals surface area contributed by atoms with Crippen LogP contribution >= 0.6 is 0 Å². The highest BCUT2D eigenvalue weighted by Gasteiger charge is 2.05. The topological polar surface area (TPSA) is 72.5 Å². The molecule has 0 aliphatic carbocycles. The van der Waals surface area contributed by atoms with E-state index in [1.54, 1.807) is 6.20 Å². The van der Waals surface area contributed by atoms with Gasteiger partial charge in [0.15, 0.2) is 5.96 Å². The zero-order valence-electron chi connectivity index (χ0n) is 13.7. The van der Waals surface area contributed by atoms with Gasteiger partial charge in [0.2, 0.25) is 0 Å². The highest BCUT2D eigenvalue weighted by Crippen LogP contribution is 2.17. The van der Waals surface area contributed by atoms with Gasteiger partial charge in [0.1, 0.15) is 11.9 Å². The van der Waals surface area contributed by atoms with Crippen LogP contribution in [0.2, 0.25) is 0 Å². The number of para-hydroxylation sites is 1. The summed E-state index contributed by atoms with van der Waals surface area (Å²) in [4.78, 5) is 8.58. The monoisotopic (exact) mass is 312 g/mol. The molecule has 3 N–H and O–H groups in total. The molecule has 0 radical (unpaired) electrons. The maximum atomic E-state index is 5.87. The Kier molecular flexibility index (Phi) is 6.41. The summed E-state index contributed by atoms with van der Waals surface area (Å²) in [6.07, 6.45) is 2.57. The molecule has 2 aromatic rings. The van der Waals surface area contributed by atoms with Crippen molar-refractivity contribution in [3.05, 3.63) is 59.9 Å². The number of benzene rings is 1. The molecule has 0 aliphatic rings. The third kappa shape index (κ3) is 5.98. The molecule has 0 saturated carbocycles. The number of hydrogen-bond acceptors (Lipinski definition) is 3. The average Bonchev–Trinajstić information content (AvgIpc) is 2.56. The summed E-state index contributed by atoms with van der Waals surface area (Å²) in [5.74, 6) is 1.32. The van der Waals surface area contributed by atoms with Gasteiger partial charge in [0, 0.05) is 24.9 Å². The lowest BCUT2D eigenvalue weighted by atomic mass is 10.2. The van der Waals surface area contributed by atoms with Crippen LogP contribution in [0.25, 0.3) is 0 Å². The van der Waals surface area contributed by atoms with Crippen LogP contribution in [0.15, 0.2) is 53.7 Å². The van der Waals surface area contributed by atoms with Crippen molar-refractivity contribution < 1.29 is 4.74 Å². The van der Waals surface area contributed by atoms with Crippen LogP contribution in [-0.2, 0) is 6.42 Å². The highest BCUT2D eigenvalue weighted by molar-refractivity contribution is 5.77. The van der Waals surface area contributed by atoms with E-state index in [0.717, 1.165) is 23.4 Å². The van der Waals surface area contributed by atoms with E-state index in [1.807, 2.05) is 56.3 Å². The second kappa shape index (κ2) is 8.78. The van der Waals surface area contributed by atoms with Crippen molar-refractivity contribution in [3.8, 4) is 5.75 Å². The minimum Gasteiger partial charge on any atom is -0.489 e. The number of hydrogen-bond donors (Lipinski definition) is 2. The van der Waals surface area contributed by atoms with E-state index >= 15 is 0 Å². The molecule has 0 fully saturated rings. The summed E-state index contributed by atoms with van der Waals surface area (Å²) in [6.45, 7) is 5.23. The number of nitrogens with two attached hydrogens (primary N) is 1. The minimum absolute atomic E-state index is 0.0350. The fourth-order valence-electron chi connectivity index (χ4n) is 2.09. The Hall–Kier alpha value is -2.56. The Balaban J connectivity index is 1.72. The second-order valence-electron chi connectivity index (χ2n) is 5.42. The van der Waals surface area contributed by atoms with Gasteiger partial charge in [-0.05, 0) is 37.6 Å². The predicted octanol–water partition coefficient (Wildman–Crippen LogP) is 2.30. The maximum Gasteiger partial charge on any atom is 0.188 e. The first-order valence-electron chi connectivity index (χ1n) is 7.81. The van der Waals surface area contributed by atoms with Gasteiger partial charge in [0.05, 0.1) is 6.54 Å². The van der Waals surface area contributed by atoms with Crippen molar-refractivity contribution in [2.45, 2.75) is 26.4 Å². The van der Waals surface area contributed by atoms with Crippen molar-refractivity contribution in [3.63, 3.8) is 0 Å². The van der Waals surface area contributed by atoms with Crippen LogP contribution in [0.5, 0.6) is 5.75 Å². The van der Waals surface area contributed by atoms with Gasteiger partial charge in [0.25, 0.3) is 0 Å². The fraction of sp³-hybridized carbons (Fsp3) is 0.333. The molecule has 1 aromatic carbocycles. The van der Waals surface area contributed by atoms with Crippen LogP contribution in [0.3, 0.4) is 0 Å². The van der Waals surface area contributed by atoms with E-state index in [2.05, 4.69) is 15.3 Å². The third-order valence-electron chi connectivity index (χ3n) is 3.35. The van der Waals surface area contributed by atoms with E-state index in [0.29, 0.717) is 19.0 Å². The van der Waals surface area contributed by atoms with Gasteiger partial charge < -0.3 is 15.8 Å². The van der Waals surface area contributed by atoms with Crippen molar-refractivity contribution >= 4 is 5.96 Å². The minimum atomic E-state index is -0.0350. The van der Waals surface area contributed by atoms with Crippen LogP contribution in [0, 0.1) is 6.92 Å². The van der Waals surface area contributed by atoms with Gasteiger partial charge in [-0.15, -0.1) is 0 Å². The molecule has 1 atom stereocenters. The lowest BCUT2D eigenvalue weighted by Gasteiger charge is -2.15. The lowest BCUT2D eigenvalue weighted by Crippen LogP contribution is -2.34. The molecule has 1 heterocycles. The number of nitrogens with one attached hydrogen (secondary N) is 1. The predicted molar refractivity (Wildman–Crippen MR) is 93.7 cm³/mol. The van der Waals surface area contributed by atoms with E-state index in [9.17, 15) is 0 Å². The number of aliphatic imine (C=N–C) groups is 1. The molecule has 122 valence electrons. The summed E-state index contributed by atoms with van der Waals surface area (Å²) < 4.78 is 5.87. The van der Waals surface area contributed by atoms with Crippen molar-refractivity contribution in [1.82, 2.24) is 10.3 Å². The molecule has 0 amide bonds. The van der Waals surface area contributed by atoms with Gasteiger partial charge in [-0.3, -0.25) is 4.98 Å². The Morgan fingerprint density at radius 3 is 2.78 bits per heavy atom. The summed E-state index contributed by atoms with van der Waals surface area (Å²) in [6, 6.07) is 13.8. The quantitative estimate of drug-likeness (QED) is 0.608. The van der Waals surface area contributed by atoms with E-state index in [-0.39, 0.29) is 6.10 Å². The molecule has 2 rings (SSSR count). The second-order valence-corrected chi connectivity index (χ2v) is 5.42. The molecule has 1 aromatic heterocycles. The fourth-order valence-corrected chi connectivity index (χ4v) is 2.09. The standard InChI is InChI=1S/C18H24N4O/c1-14-7-3-4-9-17(14)23-15(2)13-22-18(19)21-12-10-16-8-5-6-11-20-16/h3-9,11,15H,10,12-13H2,1-2H3,(H3,19,21,22). The van der Waals surface area contributed by atoms with Crippen molar-refractivity contribution in [2.24, 2.45) is 10.7 Å². The Bertz CT molecular complexity index is 628. The van der Waals surface area contributed by atoms with Crippen molar-refractivity contribution in [1.29, 1.82) is 0 Å². The first-order chi connectivity index (χ1) is 11.1. The largest absolute Gasteiger partial charge is 0.489 e. The summed E-state index contributed by atoms with van der Waals surface area (Å²) >= 11 is 0. The zero-order chi connectivity index (χ0) is 16.5. The zero-order valence-corrected chi connectivity index (χ0v) is 13.7. The summed E-state index contributed by atoms with van der Waals surface area (Å²) in [5.41, 5.74) is 8.02. The first kappa shape index (κ1) is 16.8. The van der Waals surface area contributed by atoms with Gasteiger partial charge in [-0.25, -0.2) is 4.99 Å². The molecule has 5 nitrogen and oxygen atoms in total. The molecule has 5 heteroatoms. The van der Waals surface area contributed by atoms with Crippen molar-refractivity contribution in [2.75, 3.05) is 13.1 Å². The Morgan fingerprint density at radius 2 is 2.04 bits per heavy atom. The van der Waals surface area contributed by atoms with Crippen LogP contribution < -0.4 is 15.8 Å². The number of pyridine rings is 1. The Morgan fingerprint density at radius 1 is 1.26 bits per heavy atom. The molecule has 0 bridgehead atoms. The van der Waals surface area contributed by atoms with E-state index < -0.39 is 0 Å². The average molecular weight is 312 g/mol.